The molecule has 1 amide bonds. The predicted molar refractivity (Wildman–Crippen MR) is 125 cm³/mol. The van der Waals surface area contributed by atoms with Crippen LogP contribution in [0.5, 0.6) is 11.5 Å². The summed E-state index contributed by atoms with van der Waals surface area (Å²) in [6.07, 6.45) is 4.75. The van der Waals surface area contributed by atoms with E-state index in [0.717, 1.165) is 27.7 Å². The molecule has 0 spiro atoms. The molecule has 6 heteroatoms. The van der Waals surface area contributed by atoms with E-state index in [-0.39, 0.29) is 11.8 Å². The quantitative estimate of drug-likeness (QED) is 0.412. The maximum Gasteiger partial charge on any atom is 0.220 e. The molecule has 4 aromatic rings. The first kappa shape index (κ1) is 21.4. The molecule has 164 valence electrons. The lowest BCUT2D eigenvalue weighted by molar-refractivity contribution is -0.121. The van der Waals surface area contributed by atoms with Gasteiger partial charge in [-0.15, -0.1) is 0 Å². The van der Waals surface area contributed by atoms with Gasteiger partial charge in [-0.3, -0.25) is 9.78 Å². The van der Waals surface area contributed by atoms with Crippen molar-refractivity contribution >= 4 is 16.8 Å². The van der Waals surface area contributed by atoms with Gasteiger partial charge < -0.3 is 19.8 Å². The largest absolute Gasteiger partial charge is 0.497 e. The summed E-state index contributed by atoms with van der Waals surface area (Å²) in [5.74, 6) is 1.21. The number of para-hydroxylation sites is 1. The van der Waals surface area contributed by atoms with Gasteiger partial charge in [0, 0.05) is 60.4 Å². The molecule has 2 N–H and O–H groups in total. The van der Waals surface area contributed by atoms with Crippen LogP contribution in [-0.2, 0) is 11.2 Å². The third kappa shape index (κ3) is 4.91. The van der Waals surface area contributed by atoms with E-state index in [4.69, 9.17) is 9.47 Å². The van der Waals surface area contributed by atoms with E-state index >= 15 is 0 Å². The number of aromatic amines is 1. The molecule has 6 nitrogen and oxygen atoms in total. The number of hydrogen-bond acceptors (Lipinski definition) is 4. The van der Waals surface area contributed by atoms with Gasteiger partial charge in [0.15, 0.2) is 0 Å². The average Bonchev–Trinajstić information content (AvgIpc) is 3.26. The van der Waals surface area contributed by atoms with Crippen molar-refractivity contribution in [3.8, 4) is 11.5 Å². The molecule has 1 unspecified atom stereocenters. The Kier molecular flexibility index (Phi) is 6.70. The second-order valence-electron chi connectivity index (χ2n) is 7.61. The molecular weight excluding hydrogens is 402 g/mol. The van der Waals surface area contributed by atoms with Crippen molar-refractivity contribution in [2.45, 2.75) is 18.8 Å². The summed E-state index contributed by atoms with van der Waals surface area (Å²) < 4.78 is 11.0. The van der Waals surface area contributed by atoms with Crippen molar-refractivity contribution in [3.63, 3.8) is 0 Å². The van der Waals surface area contributed by atoms with Crippen LogP contribution in [-0.4, -0.2) is 36.6 Å². The zero-order valence-electron chi connectivity index (χ0n) is 18.3. The number of rotatable bonds is 9. The standard InChI is InChI=1S/C26H27N3O3/c1-31-20-13-18(14-21(15-20)32-2)23(24-17-29-25-9-4-3-8-22(24)25)16-26(30)28-12-10-19-7-5-6-11-27-19/h3-9,11,13-15,17,23,29H,10,12,16H2,1-2H3,(H,28,30). The number of methoxy groups -OCH3 is 2. The molecule has 0 bridgehead atoms. The van der Waals surface area contributed by atoms with Crippen molar-refractivity contribution in [1.82, 2.24) is 15.3 Å². The summed E-state index contributed by atoms with van der Waals surface area (Å²) >= 11 is 0. The Balaban J connectivity index is 1.60. The first-order valence-electron chi connectivity index (χ1n) is 10.6. The molecule has 2 aromatic carbocycles. The van der Waals surface area contributed by atoms with Crippen LogP contribution in [0.25, 0.3) is 10.9 Å². The summed E-state index contributed by atoms with van der Waals surface area (Å²) in [4.78, 5) is 20.6. The lowest BCUT2D eigenvalue weighted by Gasteiger charge is -2.19. The maximum atomic E-state index is 13.0. The van der Waals surface area contributed by atoms with E-state index < -0.39 is 0 Å². The number of aromatic nitrogens is 2. The topological polar surface area (TPSA) is 76.2 Å². The number of nitrogens with one attached hydrogen (secondary N) is 2. The minimum absolute atomic E-state index is 0.0157. The number of H-pyrrole nitrogens is 1. The highest BCUT2D eigenvalue weighted by Crippen LogP contribution is 2.36. The van der Waals surface area contributed by atoms with E-state index in [2.05, 4.69) is 21.4 Å². The highest BCUT2D eigenvalue weighted by molar-refractivity contribution is 5.86. The van der Waals surface area contributed by atoms with Gasteiger partial charge >= 0.3 is 0 Å². The Morgan fingerprint density at radius 3 is 2.50 bits per heavy atom. The smallest absolute Gasteiger partial charge is 0.220 e. The van der Waals surface area contributed by atoms with Gasteiger partial charge in [0.05, 0.1) is 14.2 Å². The van der Waals surface area contributed by atoms with Crippen LogP contribution in [0.3, 0.4) is 0 Å². The van der Waals surface area contributed by atoms with Crippen LogP contribution in [0, 0.1) is 0 Å². The van der Waals surface area contributed by atoms with Crippen LogP contribution in [0.2, 0.25) is 0 Å². The van der Waals surface area contributed by atoms with E-state index in [1.807, 2.05) is 60.8 Å². The number of benzene rings is 2. The van der Waals surface area contributed by atoms with Gasteiger partial charge in [-0.05, 0) is 41.5 Å². The molecule has 2 aromatic heterocycles. The Labute approximate surface area is 187 Å². The SMILES string of the molecule is COc1cc(OC)cc(C(CC(=O)NCCc2ccccn2)c2c[nH]c3ccccc23)c1. The second-order valence-corrected chi connectivity index (χ2v) is 7.61. The monoisotopic (exact) mass is 429 g/mol. The fourth-order valence-corrected chi connectivity index (χ4v) is 3.95. The first-order valence-corrected chi connectivity index (χ1v) is 10.6. The van der Waals surface area contributed by atoms with Crippen LogP contribution in [0.1, 0.15) is 29.2 Å². The lowest BCUT2D eigenvalue weighted by Crippen LogP contribution is -2.27. The van der Waals surface area contributed by atoms with E-state index in [0.29, 0.717) is 30.9 Å². The van der Waals surface area contributed by atoms with Gasteiger partial charge in [-0.2, -0.15) is 0 Å². The number of carbonyl (C=O) groups excluding carboxylic acids is 1. The van der Waals surface area contributed by atoms with Gasteiger partial charge in [0.2, 0.25) is 5.91 Å². The van der Waals surface area contributed by atoms with Crippen molar-refractivity contribution in [3.05, 3.63) is 89.9 Å². The average molecular weight is 430 g/mol. The molecule has 1 atom stereocenters. The van der Waals surface area contributed by atoms with Crippen LogP contribution < -0.4 is 14.8 Å². The first-order chi connectivity index (χ1) is 15.7. The van der Waals surface area contributed by atoms with Crippen molar-refractivity contribution in [2.24, 2.45) is 0 Å². The predicted octanol–water partition coefficient (Wildman–Crippen LogP) is 4.46. The Morgan fingerprint density at radius 1 is 1.03 bits per heavy atom. The number of nitrogens with zero attached hydrogens (tertiary/aromatic N) is 1. The zero-order chi connectivity index (χ0) is 22.3. The van der Waals surface area contributed by atoms with Crippen LogP contribution in [0.15, 0.2) is 73.1 Å². The van der Waals surface area contributed by atoms with E-state index in [1.165, 1.54) is 0 Å². The molecule has 0 saturated carbocycles. The van der Waals surface area contributed by atoms with Crippen molar-refractivity contribution < 1.29 is 14.3 Å². The minimum atomic E-state index is -0.162. The molecule has 32 heavy (non-hydrogen) atoms. The van der Waals surface area contributed by atoms with Gasteiger partial charge in [-0.1, -0.05) is 24.3 Å². The second kappa shape index (κ2) is 10.0. The summed E-state index contributed by atoms with van der Waals surface area (Å²) in [6.45, 7) is 0.540. The number of amides is 1. The molecule has 0 fully saturated rings. The molecule has 0 aliphatic heterocycles. The maximum absolute atomic E-state index is 13.0. The highest BCUT2D eigenvalue weighted by Gasteiger charge is 2.23. The van der Waals surface area contributed by atoms with E-state index in [1.54, 1.807) is 20.4 Å². The third-order valence-electron chi connectivity index (χ3n) is 5.59. The number of fused-ring (bicyclic) bond motifs is 1. The molecular formula is C26H27N3O3. The fraction of sp³-hybridized carbons (Fsp3) is 0.231. The molecule has 0 aliphatic carbocycles. The number of carbonyl (C=O) groups is 1. The minimum Gasteiger partial charge on any atom is -0.497 e. The lowest BCUT2D eigenvalue weighted by atomic mass is 9.87. The summed E-state index contributed by atoms with van der Waals surface area (Å²) in [7, 11) is 3.26. The zero-order valence-corrected chi connectivity index (χ0v) is 18.3. The molecule has 4 rings (SSSR count). The molecule has 0 aliphatic rings. The molecule has 0 saturated heterocycles. The third-order valence-corrected chi connectivity index (χ3v) is 5.59. The highest BCUT2D eigenvalue weighted by atomic mass is 16.5. The summed E-state index contributed by atoms with van der Waals surface area (Å²) in [5, 5.41) is 4.14. The van der Waals surface area contributed by atoms with Crippen molar-refractivity contribution in [2.75, 3.05) is 20.8 Å². The summed E-state index contributed by atoms with van der Waals surface area (Å²) in [6, 6.07) is 19.7. The molecule has 0 radical (unpaired) electrons. The number of ether oxygens (including phenoxy) is 2. The van der Waals surface area contributed by atoms with Crippen LogP contribution in [0.4, 0.5) is 0 Å². The Hall–Kier alpha value is -3.80. The summed E-state index contributed by atoms with van der Waals surface area (Å²) in [5.41, 5.74) is 4.03. The normalized spacial score (nSPS) is 11.8. The van der Waals surface area contributed by atoms with Gasteiger partial charge in [0.1, 0.15) is 11.5 Å². The van der Waals surface area contributed by atoms with Crippen molar-refractivity contribution in [1.29, 1.82) is 0 Å². The molecule has 2 heterocycles. The van der Waals surface area contributed by atoms with Gasteiger partial charge in [0.25, 0.3) is 0 Å². The number of hydrogen-bond donors (Lipinski definition) is 2. The number of pyridine rings is 1. The van der Waals surface area contributed by atoms with Gasteiger partial charge in [-0.25, -0.2) is 0 Å². The fourth-order valence-electron chi connectivity index (χ4n) is 3.95. The Bertz CT molecular complexity index is 1170. The van der Waals surface area contributed by atoms with Crippen LogP contribution >= 0.6 is 0 Å². The Morgan fingerprint density at radius 2 is 1.78 bits per heavy atom. The van der Waals surface area contributed by atoms with E-state index in [9.17, 15) is 4.79 Å².